The monoisotopic (exact) mass is 435 g/mol. The van der Waals surface area contributed by atoms with Gasteiger partial charge in [0.25, 0.3) is 11.6 Å². The van der Waals surface area contributed by atoms with Crippen LogP contribution in [-0.4, -0.2) is 22.6 Å². The SMILES string of the molecule is CCOc1ccccc1N=C1NC(=O)C(=Cc2ccc(-c3cccc([N+](=O)[O-])c3)o2)S1. The Labute approximate surface area is 181 Å². The van der Waals surface area contributed by atoms with Gasteiger partial charge >= 0.3 is 0 Å². The lowest BCUT2D eigenvalue weighted by molar-refractivity contribution is -0.384. The molecule has 31 heavy (non-hydrogen) atoms. The molecule has 0 atom stereocenters. The molecular formula is C22H17N3O5S. The highest BCUT2D eigenvalue weighted by atomic mass is 32.2. The van der Waals surface area contributed by atoms with Gasteiger partial charge in [0.1, 0.15) is 23.0 Å². The smallest absolute Gasteiger partial charge is 0.270 e. The number of hydrogen-bond acceptors (Lipinski definition) is 7. The highest BCUT2D eigenvalue weighted by Crippen LogP contribution is 2.33. The lowest BCUT2D eigenvalue weighted by Gasteiger charge is -2.06. The Balaban J connectivity index is 1.55. The molecule has 9 heteroatoms. The number of amidine groups is 1. The first-order valence-corrected chi connectivity index (χ1v) is 10.2. The van der Waals surface area contributed by atoms with Crippen LogP contribution < -0.4 is 10.1 Å². The lowest BCUT2D eigenvalue weighted by atomic mass is 10.1. The van der Waals surface area contributed by atoms with Crippen molar-refractivity contribution in [2.24, 2.45) is 4.99 Å². The molecule has 0 radical (unpaired) electrons. The Morgan fingerprint density at radius 1 is 1.19 bits per heavy atom. The number of hydrogen-bond donors (Lipinski definition) is 1. The lowest BCUT2D eigenvalue weighted by Crippen LogP contribution is -2.19. The number of aliphatic imine (C=N–C) groups is 1. The Hall–Kier alpha value is -3.85. The van der Waals surface area contributed by atoms with Crippen LogP contribution in [0.4, 0.5) is 11.4 Å². The number of furan rings is 1. The molecule has 1 aliphatic rings. The highest BCUT2D eigenvalue weighted by molar-refractivity contribution is 8.18. The second-order valence-electron chi connectivity index (χ2n) is 6.39. The molecule has 0 saturated carbocycles. The largest absolute Gasteiger partial charge is 0.492 e. The maximum absolute atomic E-state index is 12.4. The van der Waals surface area contributed by atoms with E-state index in [0.717, 1.165) is 0 Å². The first kappa shape index (κ1) is 20.4. The van der Waals surface area contributed by atoms with Crippen LogP contribution >= 0.6 is 11.8 Å². The highest BCUT2D eigenvalue weighted by Gasteiger charge is 2.25. The minimum absolute atomic E-state index is 0.0206. The van der Waals surface area contributed by atoms with E-state index in [2.05, 4.69) is 10.3 Å². The van der Waals surface area contributed by atoms with E-state index in [4.69, 9.17) is 9.15 Å². The van der Waals surface area contributed by atoms with Crippen LogP contribution in [0.25, 0.3) is 17.4 Å². The van der Waals surface area contributed by atoms with Gasteiger partial charge in [-0.25, -0.2) is 4.99 Å². The second kappa shape index (κ2) is 8.88. The maximum Gasteiger partial charge on any atom is 0.270 e. The molecule has 0 spiro atoms. The predicted molar refractivity (Wildman–Crippen MR) is 119 cm³/mol. The Morgan fingerprint density at radius 2 is 2.03 bits per heavy atom. The predicted octanol–water partition coefficient (Wildman–Crippen LogP) is 5.15. The number of para-hydroxylation sites is 2. The Morgan fingerprint density at radius 3 is 2.84 bits per heavy atom. The first-order chi connectivity index (χ1) is 15.0. The molecule has 2 heterocycles. The molecular weight excluding hydrogens is 418 g/mol. The summed E-state index contributed by atoms with van der Waals surface area (Å²) in [5, 5.41) is 14.1. The van der Waals surface area contributed by atoms with Crippen molar-refractivity contribution in [3.05, 3.63) is 81.4 Å². The number of carbonyl (C=O) groups is 1. The van der Waals surface area contributed by atoms with Crippen molar-refractivity contribution in [1.82, 2.24) is 5.32 Å². The van der Waals surface area contributed by atoms with Gasteiger partial charge in [0, 0.05) is 23.8 Å². The van der Waals surface area contributed by atoms with Crippen LogP contribution in [-0.2, 0) is 4.79 Å². The van der Waals surface area contributed by atoms with E-state index in [1.807, 2.05) is 31.2 Å². The zero-order chi connectivity index (χ0) is 21.8. The van der Waals surface area contributed by atoms with Crippen LogP contribution in [0.5, 0.6) is 5.75 Å². The number of non-ortho nitro benzene ring substituents is 1. The zero-order valence-corrected chi connectivity index (χ0v) is 17.2. The van der Waals surface area contributed by atoms with Gasteiger partial charge in [-0.1, -0.05) is 24.3 Å². The number of amides is 1. The van der Waals surface area contributed by atoms with E-state index >= 15 is 0 Å². The van der Waals surface area contributed by atoms with E-state index in [-0.39, 0.29) is 11.6 Å². The summed E-state index contributed by atoms with van der Waals surface area (Å²) in [6, 6.07) is 16.9. The molecule has 1 saturated heterocycles. The minimum Gasteiger partial charge on any atom is -0.492 e. The summed E-state index contributed by atoms with van der Waals surface area (Å²) in [6.45, 7) is 2.40. The van der Waals surface area contributed by atoms with E-state index in [0.29, 0.717) is 45.2 Å². The third-order valence-electron chi connectivity index (χ3n) is 4.28. The van der Waals surface area contributed by atoms with Crippen molar-refractivity contribution in [3.63, 3.8) is 0 Å². The van der Waals surface area contributed by atoms with E-state index in [9.17, 15) is 14.9 Å². The standard InChI is InChI=1S/C22H17N3O5S/c1-2-29-19-9-4-3-8-17(19)23-22-24-21(26)20(31-22)13-16-10-11-18(30-16)14-6-5-7-15(12-14)25(27)28/h3-13H,2H2,1H3,(H,23,24,26). The number of benzene rings is 2. The number of nitrogens with one attached hydrogen (secondary N) is 1. The van der Waals surface area contributed by atoms with Gasteiger partial charge < -0.3 is 14.5 Å². The van der Waals surface area contributed by atoms with Crippen molar-refractivity contribution in [2.75, 3.05) is 6.61 Å². The molecule has 1 aromatic heterocycles. The molecule has 8 nitrogen and oxygen atoms in total. The summed E-state index contributed by atoms with van der Waals surface area (Å²) in [5.74, 6) is 1.27. The number of nitro benzene ring substituents is 1. The number of thioether (sulfide) groups is 1. The maximum atomic E-state index is 12.4. The van der Waals surface area contributed by atoms with Gasteiger partial charge in [-0.2, -0.15) is 0 Å². The summed E-state index contributed by atoms with van der Waals surface area (Å²) in [7, 11) is 0. The molecule has 0 aliphatic carbocycles. The van der Waals surface area contributed by atoms with Gasteiger partial charge in [0.2, 0.25) is 0 Å². The number of ether oxygens (including phenoxy) is 1. The summed E-state index contributed by atoms with van der Waals surface area (Å²) in [5.41, 5.74) is 1.18. The van der Waals surface area contributed by atoms with Gasteiger partial charge in [-0.3, -0.25) is 14.9 Å². The van der Waals surface area contributed by atoms with Gasteiger partial charge in [-0.15, -0.1) is 0 Å². The van der Waals surface area contributed by atoms with Gasteiger partial charge in [0.15, 0.2) is 5.17 Å². The Bertz CT molecular complexity index is 1220. The average molecular weight is 435 g/mol. The van der Waals surface area contributed by atoms with Crippen LogP contribution in [0.1, 0.15) is 12.7 Å². The molecule has 0 unspecified atom stereocenters. The first-order valence-electron chi connectivity index (χ1n) is 9.39. The fraction of sp³-hybridized carbons (Fsp3) is 0.0909. The number of rotatable bonds is 6. The second-order valence-corrected chi connectivity index (χ2v) is 7.42. The number of nitro groups is 1. The molecule has 3 aromatic rings. The fourth-order valence-corrected chi connectivity index (χ4v) is 3.72. The van der Waals surface area contributed by atoms with Crippen molar-refractivity contribution in [3.8, 4) is 17.1 Å². The summed E-state index contributed by atoms with van der Waals surface area (Å²) < 4.78 is 11.3. The van der Waals surface area contributed by atoms with Gasteiger partial charge in [0.05, 0.1) is 16.4 Å². The van der Waals surface area contributed by atoms with Crippen molar-refractivity contribution in [1.29, 1.82) is 0 Å². The summed E-state index contributed by atoms with van der Waals surface area (Å²) in [6.07, 6.45) is 1.61. The summed E-state index contributed by atoms with van der Waals surface area (Å²) >= 11 is 1.19. The molecule has 2 aromatic carbocycles. The quantitative estimate of drug-likeness (QED) is 0.326. The third kappa shape index (κ3) is 4.67. The van der Waals surface area contributed by atoms with Crippen LogP contribution in [0.15, 0.2) is 75.0 Å². The number of nitrogens with zero attached hydrogens (tertiary/aromatic N) is 2. The third-order valence-corrected chi connectivity index (χ3v) is 5.19. The molecule has 1 fully saturated rings. The zero-order valence-electron chi connectivity index (χ0n) is 16.4. The van der Waals surface area contributed by atoms with Crippen molar-refractivity contribution < 1.29 is 18.9 Å². The van der Waals surface area contributed by atoms with Crippen molar-refractivity contribution >= 4 is 40.3 Å². The van der Waals surface area contributed by atoms with E-state index < -0.39 is 4.92 Å². The number of carbonyl (C=O) groups excluding carboxylic acids is 1. The molecule has 1 N–H and O–H groups in total. The van der Waals surface area contributed by atoms with Crippen LogP contribution in [0.2, 0.25) is 0 Å². The summed E-state index contributed by atoms with van der Waals surface area (Å²) in [4.78, 5) is 27.8. The van der Waals surface area contributed by atoms with E-state index in [1.54, 1.807) is 30.3 Å². The normalized spacial score (nSPS) is 16.0. The minimum atomic E-state index is -0.459. The Kier molecular flexibility index (Phi) is 5.85. The molecule has 4 rings (SSSR count). The van der Waals surface area contributed by atoms with Crippen molar-refractivity contribution in [2.45, 2.75) is 6.92 Å². The molecule has 1 aliphatic heterocycles. The van der Waals surface area contributed by atoms with Crippen LogP contribution in [0, 0.1) is 10.1 Å². The van der Waals surface area contributed by atoms with Gasteiger partial charge in [-0.05, 0) is 43.0 Å². The van der Waals surface area contributed by atoms with E-state index in [1.165, 1.54) is 23.9 Å². The molecule has 0 bridgehead atoms. The molecule has 1 amide bonds. The fourth-order valence-electron chi connectivity index (χ4n) is 2.90. The average Bonchev–Trinajstić information content (AvgIpc) is 3.37. The van der Waals surface area contributed by atoms with Crippen LogP contribution in [0.3, 0.4) is 0 Å². The topological polar surface area (TPSA) is 107 Å². The molecule has 156 valence electrons.